The summed E-state index contributed by atoms with van der Waals surface area (Å²) in [6.45, 7) is 4.78. The minimum absolute atomic E-state index is 0. The molecule has 160 valence electrons. The molecule has 1 unspecified atom stereocenters. The van der Waals surface area contributed by atoms with Crippen molar-refractivity contribution in [3.63, 3.8) is 0 Å². The number of carbonyl (C=O) groups is 1. The summed E-state index contributed by atoms with van der Waals surface area (Å²) < 4.78 is 16.8. The quantitative estimate of drug-likeness (QED) is 0.651. The molecule has 1 fully saturated rings. The average molecular weight is 444 g/mol. The molecule has 1 aliphatic rings. The maximum Gasteiger partial charge on any atom is 0.239 e. The zero-order chi connectivity index (χ0) is 18.9. The fourth-order valence-electron chi connectivity index (χ4n) is 2.63. The van der Waals surface area contributed by atoms with Gasteiger partial charge in [0.25, 0.3) is 0 Å². The van der Waals surface area contributed by atoms with Crippen LogP contribution in [0.3, 0.4) is 0 Å². The number of halogens is 2. The van der Waals surface area contributed by atoms with Gasteiger partial charge in [-0.25, -0.2) is 4.98 Å². The van der Waals surface area contributed by atoms with Crippen LogP contribution in [0.5, 0.6) is 17.4 Å². The Labute approximate surface area is 183 Å². The Morgan fingerprint density at radius 1 is 1.24 bits per heavy atom. The van der Waals surface area contributed by atoms with Gasteiger partial charge in [0.05, 0.1) is 19.8 Å². The molecular formula is C20H27Cl2N3O4. The van der Waals surface area contributed by atoms with Crippen LogP contribution in [0, 0.1) is 0 Å². The molecule has 0 spiro atoms. The number of aromatic nitrogens is 1. The maximum atomic E-state index is 12.2. The zero-order valence-electron chi connectivity index (χ0n) is 16.3. The van der Waals surface area contributed by atoms with E-state index in [1.54, 1.807) is 6.20 Å². The van der Waals surface area contributed by atoms with Crippen molar-refractivity contribution < 1.29 is 19.0 Å². The molecule has 9 heteroatoms. The third kappa shape index (κ3) is 7.70. The number of nitrogens with zero attached hydrogens (tertiary/aromatic N) is 1. The summed E-state index contributed by atoms with van der Waals surface area (Å²) in [4.78, 5) is 16.5. The van der Waals surface area contributed by atoms with E-state index in [4.69, 9.17) is 14.2 Å². The molecule has 3 rings (SSSR count). The lowest BCUT2D eigenvalue weighted by Gasteiger charge is -2.23. The number of carbonyl (C=O) groups excluding carboxylic acids is 1. The monoisotopic (exact) mass is 443 g/mol. The van der Waals surface area contributed by atoms with Gasteiger partial charge in [0, 0.05) is 24.8 Å². The van der Waals surface area contributed by atoms with Crippen LogP contribution in [-0.2, 0) is 16.1 Å². The molecule has 1 atom stereocenters. The maximum absolute atomic E-state index is 12.2. The van der Waals surface area contributed by atoms with Crippen molar-refractivity contribution >= 4 is 30.7 Å². The van der Waals surface area contributed by atoms with Crippen LogP contribution in [0.25, 0.3) is 0 Å². The van der Waals surface area contributed by atoms with E-state index in [9.17, 15) is 4.79 Å². The number of ether oxygens (including phenoxy) is 3. The van der Waals surface area contributed by atoms with Crippen molar-refractivity contribution in [3.05, 3.63) is 48.2 Å². The molecule has 1 aromatic carbocycles. The van der Waals surface area contributed by atoms with E-state index in [2.05, 4.69) is 22.5 Å². The summed E-state index contributed by atoms with van der Waals surface area (Å²) in [5.41, 5.74) is 0.800. The number of hydrogen-bond acceptors (Lipinski definition) is 6. The van der Waals surface area contributed by atoms with Crippen molar-refractivity contribution in [1.29, 1.82) is 0 Å². The Bertz CT molecular complexity index is 741. The first-order chi connectivity index (χ1) is 13.3. The van der Waals surface area contributed by atoms with E-state index in [0.717, 1.165) is 17.7 Å². The molecule has 0 radical (unpaired) electrons. The minimum Gasteiger partial charge on any atom is -0.494 e. The summed E-state index contributed by atoms with van der Waals surface area (Å²) in [5, 5.41) is 6.04. The third-order valence-electron chi connectivity index (χ3n) is 4.05. The molecule has 2 heterocycles. The summed E-state index contributed by atoms with van der Waals surface area (Å²) >= 11 is 0. The van der Waals surface area contributed by atoms with Gasteiger partial charge in [-0.05, 0) is 36.8 Å². The second-order valence-electron chi connectivity index (χ2n) is 6.19. The third-order valence-corrected chi connectivity index (χ3v) is 4.05. The van der Waals surface area contributed by atoms with E-state index in [-0.39, 0.29) is 36.8 Å². The number of hydrogen-bond donors (Lipinski definition) is 2. The molecule has 0 aliphatic carbocycles. The van der Waals surface area contributed by atoms with Crippen molar-refractivity contribution in [1.82, 2.24) is 15.6 Å². The molecule has 1 aliphatic heterocycles. The smallest absolute Gasteiger partial charge is 0.239 e. The van der Waals surface area contributed by atoms with Gasteiger partial charge >= 0.3 is 0 Å². The Hall–Kier alpha value is -2.06. The molecule has 1 aromatic heterocycles. The van der Waals surface area contributed by atoms with Gasteiger partial charge in [-0.15, -0.1) is 24.8 Å². The van der Waals surface area contributed by atoms with Gasteiger partial charge in [0.15, 0.2) is 0 Å². The predicted octanol–water partition coefficient (Wildman–Crippen LogP) is 3.11. The standard InChI is InChI=1S/C20H25N3O4.2ClH/c1-2-11-26-16-5-7-17(8-6-16)27-20-15(4-3-9-22-20)13-23-19(24)18-14-25-12-10-21-18;;/h3-9,18,21H,2,10-14H2,1H3,(H,23,24);2*1H. The second kappa shape index (κ2) is 13.2. The van der Waals surface area contributed by atoms with Crippen molar-refractivity contribution in [2.45, 2.75) is 25.9 Å². The largest absolute Gasteiger partial charge is 0.494 e. The summed E-state index contributed by atoms with van der Waals surface area (Å²) in [5.74, 6) is 1.84. The molecule has 2 N–H and O–H groups in total. The molecule has 29 heavy (non-hydrogen) atoms. The summed E-state index contributed by atoms with van der Waals surface area (Å²) in [6.07, 6.45) is 2.62. The van der Waals surface area contributed by atoms with E-state index in [1.165, 1.54) is 0 Å². The highest BCUT2D eigenvalue weighted by Gasteiger charge is 2.21. The zero-order valence-corrected chi connectivity index (χ0v) is 17.9. The summed E-state index contributed by atoms with van der Waals surface area (Å²) in [7, 11) is 0. The normalized spacial score (nSPS) is 15.4. The number of benzene rings is 1. The Morgan fingerprint density at radius 3 is 2.69 bits per heavy atom. The topological polar surface area (TPSA) is 81.7 Å². The fraction of sp³-hybridized carbons (Fsp3) is 0.400. The van der Waals surface area contributed by atoms with Crippen LogP contribution in [-0.4, -0.2) is 43.3 Å². The van der Waals surface area contributed by atoms with Crippen molar-refractivity contribution in [2.75, 3.05) is 26.4 Å². The van der Waals surface area contributed by atoms with Gasteiger partial charge in [-0.2, -0.15) is 0 Å². The van der Waals surface area contributed by atoms with E-state index in [1.807, 2.05) is 36.4 Å². The molecular weight excluding hydrogens is 417 g/mol. The Morgan fingerprint density at radius 2 is 2.00 bits per heavy atom. The van der Waals surface area contributed by atoms with Crippen LogP contribution >= 0.6 is 24.8 Å². The van der Waals surface area contributed by atoms with Gasteiger partial charge < -0.3 is 24.8 Å². The van der Waals surface area contributed by atoms with E-state index < -0.39 is 0 Å². The molecule has 2 aromatic rings. The van der Waals surface area contributed by atoms with Crippen LogP contribution in [0.1, 0.15) is 18.9 Å². The summed E-state index contributed by atoms with van der Waals surface area (Å²) in [6, 6.07) is 10.8. The van der Waals surface area contributed by atoms with Crippen LogP contribution in [0.15, 0.2) is 42.6 Å². The number of nitrogens with one attached hydrogen (secondary N) is 2. The van der Waals surface area contributed by atoms with Gasteiger partial charge in [-0.1, -0.05) is 13.0 Å². The average Bonchev–Trinajstić information content (AvgIpc) is 2.73. The van der Waals surface area contributed by atoms with Crippen LogP contribution in [0.2, 0.25) is 0 Å². The predicted molar refractivity (Wildman–Crippen MR) is 115 cm³/mol. The lowest BCUT2D eigenvalue weighted by atomic mass is 10.2. The lowest BCUT2D eigenvalue weighted by molar-refractivity contribution is -0.126. The van der Waals surface area contributed by atoms with E-state index in [0.29, 0.717) is 44.5 Å². The molecule has 0 saturated carbocycles. The molecule has 1 saturated heterocycles. The number of rotatable bonds is 8. The van der Waals surface area contributed by atoms with Gasteiger partial charge in [0.2, 0.25) is 11.8 Å². The highest BCUT2D eigenvalue weighted by atomic mass is 35.5. The van der Waals surface area contributed by atoms with Crippen molar-refractivity contribution in [2.24, 2.45) is 0 Å². The molecule has 7 nitrogen and oxygen atoms in total. The highest BCUT2D eigenvalue weighted by molar-refractivity contribution is 5.85. The van der Waals surface area contributed by atoms with Gasteiger partial charge in [0.1, 0.15) is 17.5 Å². The minimum atomic E-state index is -0.324. The lowest BCUT2D eigenvalue weighted by Crippen LogP contribution is -2.51. The molecule has 1 amide bonds. The first kappa shape index (κ1) is 25.0. The highest BCUT2D eigenvalue weighted by Crippen LogP contribution is 2.25. The Balaban J connectivity index is 0.00000210. The molecule has 0 bridgehead atoms. The fourth-order valence-corrected chi connectivity index (χ4v) is 2.63. The van der Waals surface area contributed by atoms with Crippen molar-refractivity contribution in [3.8, 4) is 17.4 Å². The first-order valence-electron chi connectivity index (χ1n) is 9.19. The van der Waals surface area contributed by atoms with Gasteiger partial charge in [-0.3, -0.25) is 4.79 Å². The number of pyridine rings is 1. The van der Waals surface area contributed by atoms with Crippen LogP contribution in [0.4, 0.5) is 0 Å². The van der Waals surface area contributed by atoms with Crippen LogP contribution < -0.4 is 20.1 Å². The van der Waals surface area contributed by atoms with E-state index >= 15 is 0 Å². The Kier molecular flexibility index (Phi) is 11.4. The first-order valence-corrected chi connectivity index (χ1v) is 9.19. The number of morpholine rings is 1. The number of amides is 1. The SMILES string of the molecule is CCCOc1ccc(Oc2ncccc2CNC(=O)C2COCCN2)cc1.Cl.Cl. The second-order valence-corrected chi connectivity index (χ2v) is 6.19.